The second kappa shape index (κ2) is 10.3. The van der Waals surface area contributed by atoms with E-state index in [4.69, 9.17) is 20.8 Å². The zero-order valence-electron chi connectivity index (χ0n) is 19.9. The number of carbonyl (C=O) groups excluding carboxylic acids is 1. The third-order valence-corrected chi connectivity index (χ3v) is 6.33. The Morgan fingerprint density at radius 1 is 1.03 bits per heavy atom. The van der Waals surface area contributed by atoms with E-state index in [9.17, 15) is 4.79 Å². The van der Waals surface area contributed by atoms with E-state index in [1.165, 1.54) is 11.1 Å². The van der Waals surface area contributed by atoms with Crippen LogP contribution in [0, 0.1) is 0 Å². The third-order valence-electron chi connectivity index (χ3n) is 6.00. The van der Waals surface area contributed by atoms with Crippen molar-refractivity contribution in [3.63, 3.8) is 0 Å². The molecule has 4 rings (SSSR count). The molecule has 34 heavy (non-hydrogen) atoms. The number of amides is 1. The van der Waals surface area contributed by atoms with Gasteiger partial charge in [0.05, 0.1) is 10.7 Å². The number of ether oxygens (including phenoxy) is 1. The summed E-state index contributed by atoms with van der Waals surface area (Å²) in [5.74, 6) is 1.71. The summed E-state index contributed by atoms with van der Waals surface area (Å²) in [6.45, 7) is 8.51. The molecule has 3 aromatic carbocycles. The maximum atomic E-state index is 12.5. The Bertz CT molecular complexity index is 1300. The molecule has 0 radical (unpaired) electrons. The van der Waals surface area contributed by atoms with E-state index in [0.717, 1.165) is 17.5 Å². The molecule has 0 bridgehead atoms. The average Bonchev–Trinajstić information content (AvgIpc) is 3.27. The highest BCUT2D eigenvalue weighted by Crippen LogP contribution is 2.31. The monoisotopic (exact) mass is 476 g/mol. The number of benzene rings is 3. The van der Waals surface area contributed by atoms with Gasteiger partial charge in [0.25, 0.3) is 5.91 Å². The van der Waals surface area contributed by atoms with Crippen LogP contribution in [-0.4, -0.2) is 17.5 Å². The smallest absolute Gasteiger partial charge is 0.262 e. The van der Waals surface area contributed by atoms with Crippen LogP contribution in [0.25, 0.3) is 22.6 Å². The van der Waals surface area contributed by atoms with Crippen LogP contribution in [0.1, 0.15) is 57.1 Å². The van der Waals surface area contributed by atoms with Crippen LogP contribution in [-0.2, 0) is 4.79 Å². The Kier molecular flexibility index (Phi) is 7.23. The second-order valence-electron chi connectivity index (χ2n) is 8.81. The van der Waals surface area contributed by atoms with Crippen LogP contribution in [0.5, 0.6) is 5.75 Å². The Morgan fingerprint density at radius 2 is 1.76 bits per heavy atom. The van der Waals surface area contributed by atoms with Crippen molar-refractivity contribution in [2.24, 2.45) is 0 Å². The van der Waals surface area contributed by atoms with Gasteiger partial charge in [0.15, 0.2) is 12.2 Å². The van der Waals surface area contributed by atoms with E-state index in [1.54, 1.807) is 12.1 Å². The van der Waals surface area contributed by atoms with Crippen LogP contribution in [0.2, 0.25) is 5.02 Å². The minimum atomic E-state index is -0.302. The van der Waals surface area contributed by atoms with Gasteiger partial charge < -0.3 is 14.5 Å². The molecular weight excluding hydrogens is 448 g/mol. The Labute approximate surface area is 205 Å². The van der Waals surface area contributed by atoms with Crippen molar-refractivity contribution in [2.75, 3.05) is 11.9 Å². The standard InChI is InChI=1S/C28H29ClN2O3/c1-5-18(4)19-6-10-22(11-7-19)33-16-27(32)30-24-15-21(8-12-23(24)29)28-31-25-14-20(17(2)3)9-13-26(25)34-28/h6-15,17-18H,5,16H2,1-4H3,(H,30,32). The molecule has 0 saturated heterocycles. The van der Waals surface area contributed by atoms with Gasteiger partial charge in [-0.2, -0.15) is 0 Å². The Balaban J connectivity index is 1.45. The summed E-state index contributed by atoms with van der Waals surface area (Å²) in [5, 5.41) is 3.25. The first-order chi connectivity index (χ1) is 16.3. The van der Waals surface area contributed by atoms with Gasteiger partial charge in [-0.1, -0.05) is 57.5 Å². The van der Waals surface area contributed by atoms with Crippen LogP contribution in [0.15, 0.2) is 65.1 Å². The molecular formula is C28H29ClN2O3. The van der Waals surface area contributed by atoms with Crippen molar-refractivity contribution in [1.82, 2.24) is 4.98 Å². The normalized spacial score (nSPS) is 12.2. The molecule has 0 aliphatic heterocycles. The first-order valence-electron chi connectivity index (χ1n) is 11.6. The predicted molar refractivity (Wildman–Crippen MR) is 138 cm³/mol. The van der Waals surface area contributed by atoms with E-state index < -0.39 is 0 Å². The lowest BCUT2D eigenvalue weighted by Gasteiger charge is -2.11. The maximum absolute atomic E-state index is 12.5. The Morgan fingerprint density at radius 3 is 2.47 bits per heavy atom. The lowest BCUT2D eigenvalue weighted by atomic mass is 9.99. The highest BCUT2D eigenvalue weighted by Gasteiger charge is 2.14. The molecule has 0 aliphatic carbocycles. The van der Waals surface area contributed by atoms with Gasteiger partial charge in [-0.05, 0) is 71.8 Å². The topological polar surface area (TPSA) is 64.4 Å². The SMILES string of the molecule is CCC(C)c1ccc(OCC(=O)Nc2cc(-c3nc4cc(C(C)C)ccc4o3)ccc2Cl)cc1. The summed E-state index contributed by atoms with van der Waals surface area (Å²) < 4.78 is 11.6. The molecule has 0 spiro atoms. The highest BCUT2D eigenvalue weighted by molar-refractivity contribution is 6.33. The molecule has 176 valence electrons. The first-order valence-corrected chi connectivity index (χ1v) is 11.9. The van der Waals surface area contributed by atoms with Gasteiger partial charge in [0, 0.05) is 5.56 Å². The molecule has 1 atom stereocenters. The van der Waals surface area contributed by atoms with Gasteiger partial charge >= 0.3 is 0 Å². The van der Waals surface area contributed by atoms with Gasteiger partial charge in [0.1, 0.15) is 11.3 Å². The van der Waals surface area contributed by atoms with Gasteiger partial charge in [0.2, 0.25) is 5.89 Å². The summed E-state index contributed by atoms with van der Waals surface area (Å²) in [4.78, 5) is 17.1. The number of nitrogens with one attached hydrogen (secondary N) is 1. The number of halogens is 1. The third kappa shape index (κ3) is 5.42. The molecule has 1 N–H and O–H groups in total. The number of hydrogen-bond acceptors (Lipinski definition) is 4. The predicted octanol–water partition coefficient (Wildman–Crippen LogP) is 7.80. The van der Waals surface area contributed by atoms with Crippen molar-refractivity contribution in [3.8, 4) is 17.2 Å². The number of hydrogen-bond donors (Lipinski definition) is 1. The van der Waals surface area contributed by atoms with Crippen molar-refractivity contribution in [1.29, 1.82) is 0 Å². The van der Waals surface area contributed by atoms with E-state index in [2.05, 4.69) is 38.0 Å². The minimum absolute atomic E-state index is 0.121. The molecule has 0 fully saturated rings. The average molecular weight is 477 g/mol. The Hall–Kier alpha value is -3.31. The lowest BCUT2D eigenvalue weighted by molar-refractivity contribution is -0.118. The van der Waals surface area contributed by atoms with Crippen molar-refractivity contribution < 1.29 is 13.9 Å². The van der Waals surface area contributed by atoms with Gasteiger partial charge in [-0.3, -0.25) is 4.79 Å². The fraction of sp³-hybridized carbons (Fsp3) is 0.286. The van der Waals surface area contributed by atoms with E-state index >= 15 is 0 Å². The number of anilines is 1. The number of fused-ring (bicyclic) bond motifs is 1. The zero-order valence-corrected chi connectivity index (χ0v) is 20.6. The largest absolute Gasteiger partial charge is 0.484 e. The molecule has 1 heterocycles. The van der Waals surface area contributed by atoms with E-state index in [-0.39, 0.29) is 12.5 Å². The van der Waals surface area contributed by atoms with E-state index in [0.29, 0.717) is 39.8 Å². The minimum Gasteiger partial charge on any atom is -0.484 e. The molecule has 1 unspecified atom stereocenters. The summed E-state index contributed by atoms with van der Waals surface area (Å²) >= 11 is 6.33. The number of carbonyl (C=O) groups is 1. The van der Waals surface area contributed by atoms with E-state index in [1.807, 2.05) is 48.5 Å². The van der Waals surface area contributed by atoms with Crippen LogP contribution in [0.3, 0.4) is 0 Å². The molecule has 1 aromatic heterocycles. The number of oxazole rings is 1. The van der Waals surface area contributed by atoms with Crippen LogP contribution < -0.4 is 10.1 Å². The van der Waals surface area contributed by atoms with Crippen LogP contribution in [0.4, 0.5) is 5.69 Å². The van der Waals surface area contributed by atoms with Crippen molar-refractivity contribution in [2.45, 2.75) is 46.0 Å². The van der Waals surface area contributed by atoms with Gasteiger partial charge in [-0.15, -0.1) is 0 Å². The summed E-state index contributed by atoms with van der Waals surface area (Å²) in [5.41, 5.74) is 5.17. The number of rotatable bonds is 8. The van der Waals surface area contributed by atoms with Crippen LogP contribution >= 0.6 is 11.6 Å². The maximum Gasteiger partial charge on any atom is 0.262 e. The lowest BCUT2D eigenvalue weighted by Crippen LogP contribution is -2.20. The highest BCUT2D eigenvalue weighted by atomic mass is 35.5. The molecule has 6 heteroatoms. The summed E-state index contributed by atoms with van der Waals surface area (Å²) in [6, 6.07) is 19.2. The molecule has 0 aliphatic rings. The second-order valence-corrected chi connectivity index (χ2v) is 9.22. The molecule has 4 aromatic rings. The van der Waals surface area contributed by atoms with Crippen molar-refractivity contribution >= 4 is 34.3 Å². The zero-order chi connectivity index (χ0) is 24.2. The quantitative estimate of drug-likeness (QED) is 0.281. The first kappa shape index (κ1) is 23.8. The fourth-order valence-electron chi connectivity index (χ4n) is 3.64. The van der Waals surface area contributed by atoms with Crippen molar-refractivity contribution in [3.05, 3.63) is 76.8 Å². The fourth-order valence-corrected chi connectivity index (χ4v) is 3.81. The molecule has 5 nitrogen and oxygen atoms in total. The molecule has 1 amide bonds. The molecule has 0 saturated carbocycles. The van der Waals surface area contributed by atoms with Gasteiger partial charge in [-0.25, -0.2) is 4.98 Å². The number of aromatic nitrogens is 1. The summed E-state index contributed by atoms with van der Waals surface area (Å²) in [6.07, 6.45) is 1.07. The summed E-state index contributed by atoms with van der Waals surface area (Å²) in [7, 11) is 0. The number of nitrogens with zero attached hydrogens (tertiary/aromatic N) is 1.